The van der Waals surface area contributed by atoms with E-state index >= 15 is 0 Å². The zero-order valence-corrected chi connectivity index (χ0v) is 12.3. The Morgan fingerprint density at radius 2 is 2.30 bits per heavy atom. The van der Waals surface area contributed by atoms with Gasteiger partial charge in [0.15, 0.2) is 5.13 Å². The van der Waals surface area contributed by atoms with Gasteiger partial charge < -0.3 is 15.8 Å². The maximum absolute atomic E-state index is 11.4. The molecule has 0 unspecified atom stereocenters. The van der Waals surface area contributed by atoms with Crippen LogP contribution >= 0.6 is 11.3 Å². The van der Waals surface area contributed by atoms with Crippen LogP contribution in [0.25, 0.3) is 0 Å². The molecule has 1 heterocycles. The molecular weight excluding hydrogens is 274 g/mol. The van der Waals surface area contributed by atoms with Crippen LogP contribution in [0.1, 0.15) is 18.2 Å². The van der Waals surface area contributed by atoms with Crippen LogP contribution in [0.4, 0.5) is 16.5 Å². The summed E-state index contributed by atoms with van der Waals surface area (Å²) in [6.07, 6.45) is 0.196. The van der Waals surface area contributed by atoms with Gasteiger partial charge in [0.25, 0.3) is 0 Å². The summed E-state index contributed by atoms with van der Waals surface area (Å²) in [7, 11) is 0. The number of thiazole rings is 1. The van der Waals surface area contributed by atoms with Crippen molar-refractivity contribution in [3.8, 4) is 0 Å². The smallest absolute Gasteiger partial charge is 0.311 e. The third kappa shape index (κ3) is 3.71. The monoisotopic (exact) mass is 291 g/mol. The molecule has 0 amide bonds. The van der Waals surface area contributed by atoms with Gasteiger partial charge in [0, 0.05) is 16.8 Å². The van der Waals surface area contributed by atoms with E-state index in [1.807, 2.05) is 30.5 Å². The van der Waals surface area contributed by atoms with Gasteiger partial charge in [-0.2, -0.15) is 0 Å². The van der Waals surface area contributed by atoms with Gasteiger partial charge in [-0.25, -0.2) is 4.98 Å². The van der Waals surface area contributed by atoms with Crippen LogP contribution in [0, 0.1) is 6.92 Å². The number of nitrogen functional groups attached to an aromatic ring is 1. The zero-order valence-electron chi connectivity index (χ0n) is 11.5. The van der Waals surface area contributed by atoms with Gasteiger partial charge in [0.1, 0.15) is 0 Å². The first-order valence-corrected chi connectivity index (χ1v) is 7.19. The molecule has 20 heavy (non-hydrogen) atoms. The quantitative estimate of drug-likeness (QED) is 0.654. The predicted molar refractivity (Wildman–Crippen MR) is 81.3 cm³/mol. The van der Waals surface area contributed by atoms with Crippen LogP contribution < -0.4 is 11.1 Å². The third-order valence-corrected chi connectivity index (χ3v) is 3.49. The summed E-state index contributed by atoms with van der Waals surface area (Å²) in [6, 6.07) is 5.67. The molecule has 0 aliphatic heterocycles. The van der Waals surface area contributed by atoms with Crippen LogP contribution in [0.2, 0.25) is 0 Å². The molecule has 1 aromatic carbocycles. The molecule has 0 spiro atoms. The minimum absolute atomic E-state index is 0.196. The number of rotatable bonds is 5. The van der Waals surface area contributed by atoms with Crippen molar-refractivity contribution >= 4 is 33.8 Å². The number of nitrogens with two attached hydrogens (primary N) is 1. The van der Waals surface area contributed by atoms with E-state index < -0.39 is 0 Å². The van der Waals surface area contributed by atoms with E-state index in [0.717, 1.165) is 16.4 Å². The molecular formula is C14H17N3O2S. The summed E-state index contributed by atoms with van der Waals surface area (Å²) in [4.78, 5) is 15.7. The Morgan fingerprint density at radius 1 is 1.50 bits per heavy atom. The molecule has 0 radical (unpaired) electrons. The van der Waals surface area contributed by atoms with Crippen molar-refractivity contribution in [2.75, 3.05) is 17.7 Å². The Hall–Kier alpha value is -2.08. The van der Waals surface area contributed by atoms with Crippen LogP contribution in [-0.2, 0) is 16.0 Å². The number of nitrogens with zero attached hydrogens (tertiary/aromatic N) is 1. The number of ether oxygens (including phenoxy) is 1. The molecule has 0 saturated carbocycles. The average molecular weight is 291 g/mol. The van der Waals surface area contributed by atoms with Gasteiger partial charge in [-0.3, -0.25) is 4.79 Å². The second-order valence-electron chi connectivity index (χ2n) is 4.33. The number of esters is 1. The number of carbonyl (C=O) groups is 1. The highest BCUT2D eigenvalue weighted by Crippen LogP contribution is 2.25. The maximum atomic E-state index is 11.4. The molecule has 0 bridgehead atoms. The Morgan fingerprint density at radius 3 is 3.05 bits per heavy atom. The molecule has 0 atom stereocenters. The number of aromatic nitrogens is 1. The SMILES string of the molecule is CCOC(=O)Cc1csc(Nc2cc(N)ccc2C)n1. The van der Waals surface area contributed by atoms with E-state index in [2.05, 4.69) is 10.3 Å². The first-order valence-electron chi connectivity index (χ1n) is 6.31. The minimum Gasteiger partial charge on any atom is -0.466 e. The van der Waals surface area contributed by atoms with Gasteiger partial charge in [0.2, 0.25) is 0 Å². The van der Waals surface area contributed by atoms with E-state index in [9.17, 15) is 4.79 Å². The van der Waals surface area contributed by atoms with Crippen molar-refractivity contribution in [3.05, 3.63) is 34.8 Å². The lowest BCUT2D eigenvalue weighted by Gasteiger charge is -2.07. The Bertz CT molecular complexity index is 610. The Balaban J connectivity index is 2.06. The molecule has 0 fully saturated rings. The predicted octanol–water partition coefficient (Wildman–Crippen LogP) is 2.88. The fourth-order valence-electron chi connectivity index (χ4n) is 1.69. The maximum Gasteiger partial charge on any atom is 0.311 e. The summed E-state index contributed by atoms with van der Waals surface area (Å²) in [5.41, 5.74) is 9.17. The van der Waals surface area contributed by atoms with Crippen molar-refractivity contribution in [1.82, 2.24) is 4.98 Å². The number of benzene rings is 1. The second kappa shape index (κ2) is 6.38. The lowest BCUT2D eigenvalue weighted by molar-refractivity contribution is -0.142. The van der Waals surface area contributed by atoms with Gasteiger partial charge in [-0.1, -0.05) is 6.07 Å². The molecule has 0 aliphatic carbocycles. The highest BCUT2D eigenvalue weighted by Gasteiger charge is 2.09. The first-order chi connectivity index (χ1) is 9.58. The minimum atomic E-state index is -0.260. The highest BCUT2D eigenvalue weighted by molar-refractivity contribution is 7.13. The van der Waals surface area contributed by atoms with Crippen LogP contribution in [0.3, 0.4) is 0 Å². The summed E-state index contributed by atoms with van der Waals surface area (Å²) in [5, 5.41) is 5.80. The van der Waals surface area contributed by atoms with E-state index in [4.69, 9.17) is 10.5 Å². The lowest BCUT2D eigenvalue weighted by Crippen LogP contribution is -2.07. The number of anilines is 3. The number of nitrogens with one attached hydrogen (secondary N) is 1. The number of hydrogen-bond donors (Lipinski definition) is 2. The summed E-state index contributed by atoms with van der Waals surface area (Å²) in [5.74, 6) is -0.260. The molecule has 106 valence electrons. The van der Waals surface area contributed by atoms with Crippen LogP contribution in [0.5, 0.6) is 0 Å². The van der Waals surface area contributed by atoms with E-state index in [1.54, 1.807) is 6.92 Å². The number of aryl methyl sites for hydroxylation is 1. The van der Waals surface area contributed by atoms with Crippen molar-refractivity contribution < 1.29 is 9.53 Å². The second-order valence-corrected chi connectivity index (χ2v) is 5.18. The molecule has 1 aromatic heterocycles. The van der Waals surface area contributed by atoms with Crippen molar-refractivity contribution in [2.24, 2.45) is 0 Å². The first kappa shape index (κ1) is 14.3. The van der Waals surface area contributed by atoms with Gasteiger partial charge in [-0.15, -0.1) is 11.3 Å². The molecule has 2 aromatic rings. The molecule has 0 aliphatic rings. The summed E-state index contributed by atoms with van der Waals surface area (Å²) in [6.45, 7) is 4.17. The zero-order chi connectivity index (χ0) is 14.5. The fraction of sp³-hybridized carbons (Fsp3) is 0.286. The topological polar surface area (TPSA) is 77.2 Å². The largest absolute Gasteiger partial charge is 0.466 e. The molecule has 6 heteroatoms. The standard InChI is InChI=1S/C14H17N3O2S/c1-3-19-13(18)7-11-8-20-14(16-11)17-12-6-10(15)5-4-9(12)2/h4-6,8H,3,7,15H2,1-2H3,(H,16,17). The molecule has 0 saturated heterocycles. The number of carbonyl (C=O) groups excluding carboxylic acids is 1. The lowest BCUT2D eigenvalue weighted by atomic mass is 10.2. The van der Waals surface area contributed by atoms with E-state index in [-0.39, 0.29) is 12.4 Å². The van der Waals surface area contributed by atoms with Gasteiger partial charge >= 0.3 is 5.97 Å². The third-order valence-electron chi connectivity index (χ3n) is 2.69. The molecule has 5 nitrogen and oxygen atoms in total. The van der Waals surface area contributed by atoms with E-state index in [1.165, 1.54) is 11.3 Å². The summed E-state index contributed by atoms with van der Waals surface area (Å²) >= 11 is 1.45. The average Bonchev–Trinajstić information content (AvgIpc) is 2.81. The van der Waals surface area contributed by atoms with Crippen molar-refractivity contribution in [2.45, 2.75) is 20.3 Å². The fourth-order valence-corrected chi connectivity index (χ4v) is 2.42. The summed E-state index contributed by atoms with van der Waals surface area (Å²) < 4.78 is 4.90. The van der Waals surface area contributed by atoms with Crippen LogP contribution in [0.15, 0.2) is 23.6 Å². The molecule has 2 rings (SSSR count). The Labute approximate surface area is 121 Å². The van der Waals surface area contributed by atoms with Crippen molar-refractivity contribution in [3.63, 3.8) is 0 Å². The van der Waals surface area contributed by atoms with Gasteiger partial charge in [-0.05, 0) is 31.5 Å². The Kier molecular flexibility index (Phi) is 4.57. The van der Waals surface area contributed by atoms with Crippen molar-refractivity contribution in [1.29, 1.82) is 0 Å². The molecule has 3 N–H and O–H groups in total. The van der Waals surface area contributed by atoms with E-state index in [0.29, 0.717) is 18.0 Å². The number of hydrogen-bond acceptors (Lipinski definition) is 6. The van der Waals surface area contributed by atoms with Crippen LogP contribution in [-0.4, -0.2) is 17.6 Å². The normalized spacial score (nSPS) is 10.3. The highest BCUT2D eigenvalue weighted by atomic mass is 32.1. The van der Waals surface area contributed by atoms with Gasteiger partial charge in [0.05, 0.1) is 18.7 Å².